The fourth-order valence-electron chi connectivity index (χ4n) is 3.93. The largest absolute Gasteiger partial charge is 0.372 e. The third-order valence-electron chi connectivity index (χ3n) is 5.35. The van der Waals surface area contributed by atoms with Crippen LogP contribution in [0.5, 0.6) is 0 Å². The van der Waals surface area contributed by atoms with E-state index in [1.165, 1.54) is 16.9 Å². The number of benzene rings is 2. The van der Waals surface area contributed by atoms with E-state index in [1.807, 2.05) is 12.3 Å². The normalized spacial score (nSPS) is 15.4. The maximum Gasteiger partial charge on any atom is 0.229 e. The second kappa shape index (κ2) is 7.89. The predicted molar refractivity (Wildman–Crippen MR) is 117 cm³/mol. The van der Waals surface area contributed by atoms with Crippen molar-refractivity contribution in [2.75, 3.05) is 28.2 Å². The molecule has 0 radical (unpaired) electrons. The summed E-state index contributed by atoms with van der Waals surface area (Å²) in [5.41, 5.74) is 4.83. The summed E-state index contributed by atoms with van der Waals surface area (Å²) in [5.74, 6) is 1.54. The highest BCUT2D eigenvalue weighted by molar-refractivity contribution is 5.69. The molecule has 2 heterocycles. The van der Waals surface area contributed by atoms with Crippen LogP contribution in [0.25, 0.3) is 0 Å². The number of rotatable bonds is 6. The summed E-state index contributed by atoms with van der Waals surface area (Å²) < 4.78 is 0. The molecule has 1 aliphatic heterocycles. The summed E-state index contributed by atoms with van der Waals surface area (Å²) in [7, 11) is 0. The van der Waals surface area contributed by atoms with Crippen LogP contribution in [0.2, 0.25) is 0 Å². The fraction of sp³-hybridized carbons (Fsp3) is 0.304. The molecule has 0 saturated heterocycles. The first-order valence-corrected chi connectivity index (χ1v) is 10.0. The van der Waals surface area contributed by atoms with Gasteiger partial charge in [-0.05, 0) is 69.2 Å². The van der Waals surface area contributed by atoms with Crippen LogP contribution in [-0.2, 0) is 6.42 Å². The predicted octanol–water partition coefficient (Wildman–Crippen LogP) is 5.15. The number of hydrogen-bond donors (Lipinski definition) is 1. The second-order valence-electron chi connectivity index (χ2n) is 7.13. The molecule has 5 heteroatoms. The van der Waals surface area contributed by atoms with Crippen LogP contribution in [0.4, 0.5) is 28.8 Å². The molecule has 1 unspecified atom stereocenters. The zero-order valence-corrected chi connectivity index (χ0v) is 16.8. The van der Waals surface area contributed by atoms with Crippen molar-refractivity contribution in [3.63, 3.8) is 0 Å². The first kappa shape index (κ1) is 18.3. The summed E-state index contributed by atoms with van der Waals surface area (Å²) in [4.78, 5) is 13.8. The van der Waals surface area contributed by atoms with Crippen LogP contribution >= 0.6 is 0 Å². The maximum atomic E-state index is 4.78. The Hall–Kier alpha value is -3.08. The Balaban J connectivity index is 1.55. The molecule has 0 amide bonds. The standard InChI is InChI=1S/C23H27N5/c1-4-27(5-2)20-12-10-19(11-13-20)25-23-24-15-14-22(26-23)28-17(3)16-18-8-6-7-9-21(18)28/h6-15,17H,4-5,16H2,1-3H3,(H,24,25,26). The molecule has 0 spiro atoms. The number of nitrogens with zero attached hydrogens (tertiary/aromatic N) is 4. The van der Waals surface area contributed by atoms with Gasteiger partial charge in [-0.25, -0.2) is 4.98 Å². The molecule has 0 bridgehead atoms. The Kier molecular flexibility index (Phi) is 5.15. The van der Waals surface area contributed by atoms with Gasteiger partial charge in [0.1, 0.15) is 5.82 Å². The van der Waals surface area contributed by atoms with Crippen LogP contribution in [-0.4, -0.2) is 29.1 Å². The van der Waals surface area contributed by atoms with Crippen molar-refractivity contribution in [3.05, 3.63) is 66.4 Å². The second-order valence-corrected chi connectivity index (χ2v) is 7.13. The van der Waals surface area contributed by atoms with Gasteiger partial charge in [0.05, 0.1) is 0 Å². The zero-order valence-electron chi connectivity index (χ0n) is 16.8. The summed E-state index contributed by atoms with van der Waals surface area (Å²) in [5, 5.41) is 3.34. The Morgan fingerprint density at radius 3 is 2.54 bits per heavy atom. The zero-order chi connectivity index (χ0) is 19.5. The average molecular weight is 374 g/mol. The molecular formula is C23H27N5. The molecule has 1 atom stereocenters. The molecular weight excluding hydrogens is 346 g/mol. The van der Waals surface area contributed by atoms with Crippen molar-refractivity contribution in [2.45, 2.75) is 33.2 Å². The number of fused-ring (bicyclic) bond motifs is 1. The molecule has 3 aromatic rings. The van der Waals surface area contributed by atoms with Crippen molar-refractivity contribution in [3.8, 4) is 0 Å². The lowest BCUT2D eigenvalue weighted by Gasteiger charge is -2.24. The molecule has 1 N–H and O–H groups in total. The average Bonchev–Trinajstić information content (AvgIpc) is 3.06. The van der Waals surface area contributed by atoms with Crippen LogP contribution in [0.3, 0.4) is 0 Å². The van der Waals surface area contributed by atoms with Crippen molar-refractivity contribution >= 4 is 28.8 Å². The number of nitrogens with one attached hydrogen (secondary N) is 1. The van der Waals surface area contributed by atoms with Crippen molar-refractivity contribution in [2.24, 2.45) is 0 Å². The van der Waals surface area contributed by atoms with E-state index in [4.69, 9.17) is 4.98 Å². The van der Waals surface area contributed by atoms with Gasteiger partial charge in [-0.3, -0.25) is 0 Å². The van der Waals surface area contributed by atoms with E-state index in [1.54, 1.807) is 0 Å². The lowest BCUT2D eigenvalue weighted by molar-refractivity contribution is 0.749. The first-order valence-electron chi connectivity index (χ1n) is 10.0. The highest BCUT2D eigenvalue weighted by Crippen LogP contribution is 2.37. The van der Waals surface area contributed by atoms with Gasteiger partial charge in [0.25, 0.3) is 0 Å². The van der Waals surface area contributed by atoms with Crippen LogP contribution < -0.4 is 15.1 Å². The van der Waals surface area contributed by atoms with Gasteiger partial charge in [-0.2, -0.15) is 4.98 Å². The monoisotopic (exact) mass is 373 g/mol. The molecule has 4 rings (SSSR count). The molecule has 0 saturated carbocycles. The van der Waals surface area contributed by atoms with Gasteiger partial charge in [-0.15, -0.1) is 0 Å². The van der Waals surface area contributed by atoms with E-state index in [0.717, 1.165) is 31.0 Å². The van der Waals surface area contributed by atoms with Gasteiger partial charge in [0.2, 0.25) is 5.95 Å². The van der Waals surface area contributed by atoms with E-state index in [0.29, 0.717) is 12.0 Å². The number of hydrogen-bond acceptors (Lipinski definition) is 5. The van der Waals surface area contributed by atoms with E-state index in [-0.39, 0.29) is 0 Å². The van der Waals surface area contributed by atoms with E-state index < -0.39 is 0 Å². The molecule has 5 nitrogen and oxygen atoms in total. The molecule has 1 aliphatic rings. The van der Waals surface area contributed by atoms with E-state index in [2.05, 4.69) is 89.4 Å². The Bertz CT molecular complexity index is 934. The molecule has 28 heavy (non-hydrogen) atoms. The number of aromatic nitrogens is 2. The molecule has 0 aliphatic carbocycles. The van der Waals surface area contributed by atoms with Crippen molar-refractivity contribution < 1.29 is 0 Å². The molecule has 0 fully saturated rings. The Labute approximate surface area is 167 Å². The fourth-order valence-corrected chi connectivity index (χ4v) is 3.93. The van der Waals surface area contributed by atoms with Gasteiger partial charge < -0.3 is 15.1 Å². The number of para-hydroxylation sites is 1. The van der Waals surface area contributed by atoms with Crippen LogP contribution in [0.1, 0.15) is 26.3 Å². The minimum absolute atomic E-state index is 0.383. The maximum absolute atomic E-state index is 4.78. The summed E-state index contributed by atoms with van der Waals surface area (Å²) in [6.45, 7) is 8.59. The lowest BCUT2D eigenvalue weighted by Crippen LogP contribution is -2.25. The van der Waals surface area contributed by atoms with E-state index >= 15 is 0 Å². The molecule has 1 aromatic heterocycles. The minimum Gasteiger partial charge on any atom is -0.372 e. The minimum atomic E-state index is 0.383. The quantitative estimate of drug-likeness (QED) is 0.647. The topological polar surface area (TPSA) is 44.3 Å². The van der Waals surface area contributed by atoms with Crippen LogP contribution in [0, 0.1) is 0 Å². The Morgan fingerprint density at radius 2 is 1.79 bits per heavy atom. The van der Waals surface area contributed by atoms with E-state index in [9.17, 15) is 0 Å². The van der Waals surface area contributed by atoms with Gasteiger partial charge in [0, 0.05) is 42.4 Å². The lowest BCUT2D eigenvalue weighted by atomic mass is 10.1. The van der Waals surface area contributed by atoms with Gasteiger partial charge in [0.15, 0.2) is 0 Å². The molecule has 2 aromatic carbocycles. The van der Waals surface area contributed by atoms with Crippen LogP contribution in [0.15, 0.2) is 60.8 Å². The molecule has 144 valence electrons. The summed E-state index contributed by atoms with van der Waals surface area (Å²) >= 11 is 0. The Morgan fingerprint density at radius 1 is 1.04 bits per heavy atom. The van der Waals surface area contributed by atoms with Crippen molar-refractivity contribution in [1.82, 2.24) is 9.97 Å². The third kappa shape index (κ3) is 3.52. The summed E-state index contributed by atoms with van der Waals surface area (Å²) in [6.07, 6.45) is 2.86. The number of anilines is 5. The highest BCUT2D eigenvalue weighted by atomic mass is 15.3. The summed E-state index contributed by atoms with van der Waals surface area (Å²) in [6, 6.07) is 19.3. The van der Waals surface area contributed by atoms with Crippen molar-refractivity contribution in [1.29, 1.82) is 0 Å². The highest BCUT2D eigenvalue weighted by Gasteiger charge is 2.27. The van der Waals surface area contributed by atoms with Gasteiger partial charge >= 0.3 is 0 Å². The van der Waals surface area contributed by atoms with Gasteiger partial charge in [-0.1, -0.05) is 18.2 Å². The SMILES string of the molecule is CCN(CC)c1ccc(Nc2nccc(N3c4ccccc4CC3C)n2)cc1. The third-order valence-corrected chi connectivity index (χ3v) is 5.35. The smallest absolute Gasteiger partial charge is 0.229 e. The first-order chi connectivity index (χ1) is 13.7.